The molecule has 0 aromatic heterocycles. The monoisotopic (exact) mass is 445 g/mol. The number of imide groups is 1. The summed E-state index contributed by atoms with van der Waals surface area (Å²) < 4.78 is 16.1. The Hall–Kier alpha value is -3.30. The molecule has 3 aliphatic heterocycles. The average Bonchev–Trinajstić information content (AvgIpc) is 3.02. The van der Waals surface area contributed by atoms with Crippen LogP contribution in [0.25, 0.3) is 0 Å². The summed E-state index contributed by atoms with van der Waals surface area (Å²) in [6.07, 6.45) is 0.999. The lowest BCUT2D eigenvalue weighted by molar-refractivity contribution is -0.151. The van der Waals surface area contributed by atoms with Crippen LogP contribution in [-0.2, 0) is 24.7 Å². The Kier molecular flexibility index (Phi) is 5.94. The van der Waals surface area contributed by atoms with Gasteiger partial charge in [-0.1, -0.05) is 6.07 Å². The van der Waals surface area contributed by atoms with Crippen LogP contribution in [0.2, 0.25) is 0 Å². The van der Waals surface area contributed by atoms with E-state index in [-0.39, 0.29) is 24.3 Å². The molecule has 4 amide bonds. The minimum absolute atomic E-state index is 0.228. The zero-order valence-corrected chi connectivity index (χ0v) is 18.2. The van der Waals surface area contributed by atoms with Gasteiger partial charge < -0.3 is 24.4 Å². The fourth-order valence-electron chi connectivity index (χ4n) is 4.25. The number of fused-ring (bicyclic) bond motifs is 1. The van der Waals surface area contributed by atoms with Gasteiger partial charge in [-0.3, -0.25) is 19.3 Å². The molecule has 0 saturated carbocycles. The summed E-state index contributed by atoms with van der Waals surface area (Å²) in [5.74, 6) is -0.219. The molecular formula is C22H27N3O7. The molecule has 0 bridgehead atoms. The van der Waals surface area contributed by atoms with Crippen LogP contribution in [0.1, 0.15) is 32.3 Å². The normalized spacial score (nSPS) is 23.2. The van der Waals surface area contributed by atoms with Gasteiger partial charge in [0, 0.05) is 13.1 Å². The number of carbonyl (C=O) groups excluding carboxylic acids is 4. The van der Waals surface area contributed by atoms with E-state index in [0.29, 0.717) is 62.8 Å². The smallest absolute Gasteiger partial charge is 0.325 e. The summed E-state index contributed by atoms with van der Waals surface area (Å²) in [6.45, 7) is 4.95. The van der Waals surface area contributed by atoms with Crippen LogP contribution in [0.3, 0.4) is 0 Å². The Balaban J connectivity index is 1.41. The third kappa shape index (κ3) is 3.96. The SMILES string of the molecule is CCOC(=O)C1CCN(C(=O)CN2C(=O)N[C@](C)(c3ccc4c(c3)OCCO4)C2=O)CC1. The number of benzene rings is 1. The van der Waals surface area contributed by atoms with Gasteiger partial charge in [0.05, 0.1) is 12.5 Å². The lowest BCUT2D eigenvalue weighted by Crippen LogP contribution is -2.47. The van der Waals surface area contributed by atoms with E-state index in [1.165, 1.54) is 0 Å². The number of amides is 4. The molecule has 1 aromatic rings. The van der Waals surface area contributed by atoms with Gasteiger partial charge in [0.1, 0.15) is 25.3 Å². The van der Waals surface area contributed by atoms with Crippen LogP contribution < -0.4 is 14.8 Å². The number of likely N-dealkylation sites (tertiary alicyclic amines) is 1. The lowest BCUT2D eigenvalue weighted by Gasteiger charge is -2.31. The maximum atomic E-state index is 13.2. The standard InChI is InChI=1S/C22H27N3O7/c1-3-30-19(27)14-6-8-24(9-7-14)18(26)13-25-20(28)22(2,23-21(25)29)15-4-5-16-17(12-15)32-11-10-31-16/h4-5,12,14H,3,6-11,13H2,1-2H3,(H,23,29)/t22-/m1/s1. The van der Waals surface area contributed by atoms with Gasteiger partial charge in [0.25, 0.3) is 5.91 Å². The molecule has 0 unspecified atom stereocenters. The fraction of sp³-hybridized carbons (Fsp3) is 0.545. The van der Waals surface area contributed by atoms with Crippen molar-refractivity contribution in [1.82, 2.24) is 15.1 Å². The van der Waals surface area contributed by atoms with Crippen molar-refractivity contribution in [3.8, 4) is 11.5 Å². The molecule has 10 heteroatoms. The topological polar surface area (TPSA) is 114 Å². The first-order valence-corrected chi connectivity index (χ1v) is 10.8. The Bertz CT molecular complexity index is 941. The van der Waals surface area contributed by atoms with E-state index < -0.39 is 17.5 Å². The Morgan fingerprint density at radius 2 is 1.84 bits per heavy atom. The van der Waals surface area contributed by atoms with Crippen molar-refractivity contribution in [3.05, 3.63) is 23.8 Å². The average molecular weight is 445 g/mol. The first-order chi connectivity index (χ1) is 15.3. The third-order valence-electron chi connectivity index (χ3n) is 6.16. The predicted molar refractivity (Wildman–Crippen MR) is 111 cm³/mol. The van der Waals surface area contributed by atoms with Gasteiger partial charge in [-0.15, -0.1) is 0 Å². The van der Waals surface area contributed by atoms with Gasteiger partial charge in [-0.25, -0.2) is 4.79 Å². The molecule has 10 nitrogen and oxygen atoms in total. The summed E-state index contributed by atoms with van der Waals surface area (Å²) in [5.41, 5.74) is -0.769. The number of rotatable bonds is 5. The van der Waals surface area contributed by atoms with E-state index >= 15 is 0 Å². The van der Waals surface area contributed by atoms with Crippen LogP contribution in [0, 0.1) is 5.92 Å². The number of nitrogens with one attached hydrogen (secondary N) is 1. The largest absolute Gasteiger partial charge is 0.486 e. The molecule has 4 rings (SSSR count). The van der Waals surface area contributed by atoms with Crippen LogP contribution in [0.4, 0.5) is 4.79 Å². The molecule has 172 valence electrons. The number of hydrogen-bond donors (Lipinski definition) is 1. The maximum absolute atomic E-state index is 13.2. The number of nitrogens with zero attached hydrogens (tertiary/aromatic N) is 2. The van der Waals surface area contributed by atoms with E-state index in [1.807, 2.05) is 0 Å². The van der Waals surface area contributed by atoms with Gasteiger partial charge >= 0.3 is 12.0 Å². The van der Waals surface area contributed by atoms with E-state index in [0.717, 1.165) is 4.90 Å². The molecule has 0 aliphatic carbocycles. The third-order valence-corrected chi connectivity index (χ3v) is 6.16. The van der Waals surface area contributed by atoms with Crippen molar-refractivity contribution in [2.45, 2.75) is 32.2 Å². The number of urea groups is 1. The van der Waals surface area contributed by atoms with Crippen molar-refractivity contribution in [1.29, 1.82) is 0 Å². The van der Waals surface area contributed by atoms with Crippen LogP contribution >= 0.6 is 0 Å². The molecule has 0 radical (unpaired) electrons. The molecule has 1 aromatic carbocycles. The molecule has 32 heavy (non-hydrogen) atoms. The predicted octanol–water partition coefficient (Wildman–Crippen LogP) is 1.03. The van der Waals surface area contributed by atoms with Crippen LogP contribution in [0.5, 0.6) is 11.5 Å². The van der Waals surface area contributed by atoms with Gasteiger partial charge in [-0.2, -0.15) is 0 Å². The Morgan fingerprint density at radius 3 is 2.53 bits per heavy atom. The molecule has 3 heterocycles. The van der Waals surface area contributed by atoms with Crippen molar-refractivity contribution in [2.24, 2.45) is 5.92 Å². The van der Waals surface area contributed by atoms with Crippen molar-refractivity contribution < 1.29 is 33.4 Å². The molecule has 1 N–H and O–H groups in total. The highest BCUT2D eigenvalue weighted by Crippen LogP contribution is 2.36. The number of carbonyl (C=O) groups is 4. The summed E-state index contributed by atoms with van der Waals surface area (Å²) in [7, 11) is 0. The van der Waals surface area contributed by atoms with Gasteiger partial charge in [0.2, 0.25) is 5.91 Å². The summed E-state index contributed by atoms with van der Waals surface area (Å²) in [4.78, 5) is 53.0. The highest BCUT2D eigenvalue weighted by atomic mass is 16.6. The maximum Gasteiger partial charge on any atom is 0.325 e. The molecule has 1 atom stereocenters. The second-order valence-electron chi connectivity index (χ2n) is 8.21. The van der Waals surface area contributed by atoms with E-state index in [2.05, 4.69) is 5.32 Å². The van der Waals surface area contributed by atoms with Crippen molar-refractivity contribution >= 4 is 23.8 Å². The molecule has 2 saturated heterocycles. The molecular weight excluding hydrogens is 418 g/mol. The van der Waals surface area contributed by atoms with Crippen LogP contribution in [0.15, 0.2) is 18.2 Å². The van der Waals surface area contributed by atoms with E-state index in [1.54, 1.807) is 36.9 Å². The van der Waals surface area contributed by atoms with Crippen LogP contribution in [-0.4, -0.2) is 73.1 Å². The number of piperidine rings is 1. The second-order valence-corrected chi connectivity index (χ2v) is 8.21. The number of esters is 1. The molecule has 0 spiro atoms. The van der Waals surface area contributed by atoms with E-state index in [9.17, 15) is 19.2 Å². The number of ether oxygens (including phenoxy) is 3. The minimum atomic E-state index is -1.32. The second kappa shape index (κ2) is 8.68. The Morgan fingerprint density at radius 1 is 1.16 bits per heavy atom. The lowest BCUT2D eigenvalue weighted by atomic mass is 9.91. The minimum Gasteiger partial charge on any atom is -0.486 e. The van der Waals surface area contributed by atoms with E-state index in [4.69, 9.17) is 14.2 Å². The summed E-state index contributed by atoms with van der Waals surface area (Å²) in [5, 5.41) is 2.71. The van der Waals surface area contributed by atoms with Gasteiger partial charge in [0.15, 0.2) is 11.5 Å². The first-order valence-electron chi connectivity index (χ1n) is 10.8. The number of hydrogen-bond acceptors (Lipinski definition) is 7. The highest BCUT2D eigenvalue weighted by molar-refractivity contribution is 6.09. The quantitative estimate of drug-likeness (QED) is 0.532. The highest BCUT2D eigenvalue weighted by Gasteiger charge is 2.50. The zero-order valence-electron chi connectivity index (χ0n) is 18.2. The fourth-order valence-corrected chi connectivity index (χ4v) is 4.25. The summed E-state index contributed by atoms with van der Waals surface area (Å²) >= 11 is 0. The molecule has 3 aliphatic rings. The summed E-state index contributed by atoms with van der Waals surface area (Å²) in [6, 6.07) is 4.47. The van der Waals surface area contributed by atoms with Crippen molar-refractivity contribution in [3.63, 3.8) is 0 Å². The molecule has 2 fully saturated rings. The zero-order chi connectivity index (χ0) is 22.9. The Labute approximate surface area is 185 Å². The van der Waals surface area contributed by atoms with Crippen molar-refractivity contribution in [2.75, 3.05) is 39.5 Å². The van der Waals surface area contributed by atoms with Gasteiger partial charge in [-0.05, 0) is 44.4 Å². The first kappa shape index (κ1) is 21.9.